The lowest BCUT2D eigenvalue weighted by molar-refractivity contribution is 0.0965. The first kappa shape index (κ1) is 15.3. The van der Waals surface area contributed by atoms with Gasteiger partial charge in [0.15, 0.2) is 5.78 Å². The number of benzene rings is 1. The molecule has 0 saturated carbocycles. The monoisotopic (exact) mass is 305 g/mol. The first-order valence-electron chi connectivity index (χ1n) is 6.58. The molecule has 1 aromatic carbocycles. The lowest BCUT2D eigenvalue weighted by Crippen LogP contribution is -2.28. The topological polar surface area (TPSA) is 55.2 Å². The predicted octanol–water partition coefficient (Wildman–Crippen LogP) is 2.24. The van der Waals surface area contributed by atoms with E-state index >= 15 is 0 Å². The van der Waals surface area contributed by atoms with Crippen LogP contribution in [0.2, 0.25) is 5.02 Å². The molecule has 0 atom stereocenters. The van der Waals surface area contributed by atoms with E-state index in [1.807, 2.05) is 18.9 Å². The summed E-state index contributed by atoms with van der Waals surface area (Å²) in [6, 6.07) is 8.03. The lowest BCUT2D eigenvalue weighted by Gasteiger charge is -2.16. The molecule has 0 saturated heterocycles. The average molecular weight is 306 g/mol. The van der Waals surface area contributed by atoms with Gasteiger partial charge in [-0.3, -0.25) is 9.59 Å². The molecule has 0 aliphatic heterocycles. The molecule has 0 aliphatic carbocycles. The Labute approximate surface area is 127 Å². The van der Waals surface area contributed by atoms with Crippen LogP contribution < -0.4 is 10.5 Å². The van der Waals surface area contributed by atoms with Crippen LogP contribution in [0, 0.1) is 0 Å². The van der Waals surface area contributed by atoms with Gasteiger partial charge in [-0.25, -0.2) is 4.68 Å². The Balaban J connectivity index is 2.18. The third-order valence-electron chi connectivity index (χ3n) is 3.23. The van der Waals surface area contributed by atoms with Crippen molar-refractivity contribution in [1.29, 1.82) is 0 Å². The van der Waals surface area contributed by atoms with E-state index in [9.17, 15) is 9.59 Å². The molecule has 0 fully saturated rings. The first-order chi connectivity index (χ1) is 10.0. The molecule has 0 amide bonds. The standard InChI is InChI=1S/C15H16ClN3O2/c1-3-18(2)13-8-15(21)19(17-9-13)10-14(20)11-4-6-12(16)7-5-11/h4-9H,3,10H2,1-2H3. The fourth-order valence-corrected chi connectivity index (χ4v) is 1.92. The van der Waals surface area contributed by atoms with E-state index in [1.165, 1.54) is 6.07 Å². The number of carbonyl (C=O) groups excluding carboxylic acids is 1. The van der Waals surface area contributed by atoms with Gasteiger partial charge in [-0.1, -0.05) is 11.6 Å². The highest BCUT2D eigenvalue weighted by Crippen LogP contribution is 2.11. The maximum absolute atomic E-state index is 12.1. The molecule has 1 heterocycles. The Kier molecular flexibility index (Phi) is 4.75. The molecule has 1 aromatic heterocycles. The van der Waals surface area contributed by atoms with Gasteiger partial charge in [-0.2, -0.15) is 5.10 Å². The minimum absolute atomic E-state index is 0.0867. The van der Waals surface area contributed by atoms with Crippen LogP contribution in [0.15, 0.2) is 41.3 Å². The van der Waals surface area contributed by atoms with E-state index in [2.05, 4.69) is 5.10 Å². The van der Waals surface area contributed by atoms with Gasteiger partial charge in [0.1, 0.15) is 6.54 Å². The number of hydrogen-bond donors (Lipinski definition) is 0. The zero-order valence-electron chi connectivity index (χ0n) is 11.9. The quantitative estimate of drug-likeness (QED) is 0.795. The van der Waals surface area contributed by atoms with Crippen LogP contribution in [0.25, 0.3) is 0 Å². The molecular formula is C15H16ClN3O2. The Bertz CT molecular complexity index is 695. The maximum Gasteiger partial charge on any atom is 0.269 e. The predicted molar refractivity (Wildman–Crippen MR) is 83.2 cm³/mol. The molecule has 0 N–H and O–H groups in total. The van der Waals surface area contributed by atoms with E-state index in [0.717, 1.165) is 16.9 Å². The highest BCUT2D eigenvalue weighted by Gasteiger charge is 2.10. The van der Waals surface area contributed by atoms with Crippen molar-refractivity contribution < 1.29 is 4.79 Å². The SMILES string of the molecule is CCN(C)c1cnn(CC(=O)c2ccc(Cl)cc2)c(=O)c1. The van der Waals surface area contributed by atoms with Crippen LogP contribution in [-0.4, -0.2) is 29.2 Å². The molecule has 0 bridgehead atoms. The fraction of sp³-hybridized carbons (Fsp3) is 0.267. The van der Waals surface area contributed by atoms with Crippen molar-refractivity contribution in [3.63, 3.8) is 0 Å². The van der Waals surface area contributed by atoms with Gasteiger partial charge in [-0.05, 0) is 31.2 Å². The molecule has 6 heteroatoms. The summed E-state index contributed by atoms with van der Waals surface area (Å²) in [6.45, 7) is 2.67. The van der Waals surface area contributed by atoms with E-state index in [0.29, 0.717) is 10.6 Å². The van der Waals surface area contributed by atoms with Crippen molar-refractivity contribution in [2.24, 2.45) is 0 Å². The fourth-order valence-electron chi connectivity index (χ4n) is 1.80. The second-order valence-electron chi connectivity index (χ2n) is 4.65. The Hall–Kier alpha value is -2.14. The zero-order valence-corrected chi connectivity index (χ0v) is 12.7. The van der Waals surface area contributed by atoms with Gasteiger partial charge in [0, 0.05) is 30.2 Å². The number of rotatable bonds is 5. The summed E-state index contributed by atoms with van der Waals surface area (Å²) in [5.74, 6) is -0.183. The van der Waals surface area contributed by atoms with Crippen molar-refractivity contribution in [2.45, 2.75) is 13.5 Å². The number of Topliss-reactive ketones (excluding diaryl/α,β-unsaturated/α-hetero) is 1. The molecule has 2 aromatic rings. The van der Waals surface area contributed by atoms with Crippen molar-refractivity contribution in [1.82, 2.24) is 9.78 Å². The molecule has 0 radical (unpaired) electrons. The smallest absolute Gasteiger partial charge is 0.269 e. The summed E-state index contributed by atoms with van der Waals surface area (Å²) in [5.41, 5.74) is 0.940. The molecule has 5 nitrogen and oxygen atoms in total. The third-order valence-corrected chi connectivity index (χ3v) is 3.48. The summed E-state index contributed by atoms with van der Waals surface area (Å²) >= 11 is 5.78. The highest BCUT2D eigenvalue weighted by molar-refractivity contribution is 6.30. The minimum Gasteiger partial charge on any atom is -0.373 e. The van der Waals surface area contributed by atoms with Crippen LogP contribution in [0.5, 0.6) is 0 Å². The molecule has 110 valence electrons. The summed E-state index contributed by atoms with van der Waals surface area (Å²) in [7, 11) is 1.87. The van der Waals surface area contributed by atoms with Crippen molar-refractivity contribution in [2.75, 3.05) is 18.5 Å². The van der Waals surface area contributed by atoms with Gasteiger partial charge in [-0.15, -0.1) is 0 Å². The van der Waals surface area contributed by atoms with E-state index in [4.69, 9.17) is 11.6 Å². The van der Waals surface area contributed by atoms with Gasteiger partial charge < -0.3 is 4.90 Å². The second-order valence-corrected chi connectivity index (χ2v) is 5.09. The third kappa shape index (κ3) is 3.70. The molecular weight excluding hydrogens is 290 g/mol. The molecule has 0 unspecified atom stereocenters. The Morgan fingerprint density at radius 2 is 2.00 bits per heavy atom. The number of halogens is 1. The van der Waals surface area contributed by atoms with Crippen molar-refractivity contribution >= 4 is 23.1 Å². The molecule has 2 rings (SSSR count). The van der Waals surface area contributed by atoms with Gasteiger partial charge in [0.05, 0.1) is 11.9 Å². The van der Waals surface area contributed by atoms with Crippen molar-refractivity contribution in [3.8, 4) is 0 Å². The van der Waals surface area contributed by atoms with E-state index in [-0.39, 0.29) is 17.9 Å². The summed E-state index contributed by atoms with van der Waals surface area (Å²) in [6.07, 6.45) is 1.58. The number of anilines is 1. The normalized spacial score (nSPS) is 10.4. The number of hydrogen-bond acceptors (Lipinski definition) is 4. The van der Waals surface area contributed by atoms with Gasteiger partial charge >= 0.3 is 0 Å². The van der Waals surface area contributed by atoms with Crippen LogP contribution in [0.4, 0.5) is 5.69 Å². The first-order valence-corrected chi connectivity index (χ1v) is 6.96. The van der Waals surface area contributed by atoms with Gasteiger partial charge in [0.2, 0.25) is 0 Å². The Morgan fingerprint density at radius 3 is 2.57 bits per heavy atom. The number of carbonyl (C=O) groups is 1. The highest BCUT2D eigenvalue weighted by atomic mass is 35.5. The van der Waals surface area contributed by atoms with E-state index < -0.39 is 0 Å². The van der Waals surface area contributed by atoms with E-state index in [1.54, 1.807) is 30.5 Å². The molecule has 0 spiro atoms. The average Bonchev–Trinajstić information content (AvgIpc) is 2.49. The minimum atomic E-state index is -0.296. The molecule has 0 aliphatic rings. The number of aromatic nitrogens is 2. The summed E-state index contributed by atoms with van der Waals surface area (Å²) in [4.78, 5) is 26.0. The maximum atomic E-state index is 12.1. The van der Waals surface area contributed by atoms with Crippen molar-refractivity contribution in [3.05, 3.63) is 57.5 Å². The zero-order chi connectivity index (χ0) is 15.4. The largest absolute Gasteiger partial charge is 0.373 e. The number of nitrogens with zero attached hydrogens (tertiary/aromatic N) is 3. The lowest BCUT2D eigenvalue weighted by atomic mass is 10.1. The van der Waals surface area contributed by atoms with Gasteiger partial charge in [0.25, 0.3) is 5.56 Å². The Morgan fingerprint density at radius 1 is 1.33 bits per heavy atom. The summed E-state index contributed by atoms with van der Waals surface area (Å²) in [5, 5.41) is 4.61. The van der Waals surface area contributed by atoms with Crippen LogP contribution in [0.1, 0.15) is 17.3 Å². The van der Waals surface area contributed by atoms with Crippen LogP contribution in [0.3, 0.4) is 0 Å². The van der Waals surface area contributed by atoms with Crippen LogP contribution in [-0.2, 0) is 6.54 Å². The second kappa shape index (κ2) is 6.54. The van der Waals surface area contributed by atoms with Crippen LogP contribution >= 0.6 is 11.6 Å². The molecule has 21 heavy (non-hydrogen) atoms. The summed E-state index contributed by atoms with van der Waals surface area (Å²) < 4.78 is 1.16. The number of ketones is 1.